The molecule has 0 amide bonds. The lowest BCUT2D eigenvalue weighted by Gasteiger charge is -2.57. The zero-order chi connectivity index (χ0) is 16.6. The van der Waals surface area contributed by atoms with Crippen LogP contribution in [-0.4, -0.2) is 52.2 Å². The number of likely N-dealkylation sites (N-methyl/N-ethyl adjacent to an activating group) is 1. The van der Waals surface area contributed by atoms with Crippen molar-refractivity contribution in [2.45, 2.75) is 43.4 Å². The number of hydrogen-bond donors (Lipinski definition) is 3. The SMILES string of the molecule is Cc1ccc(O)c2c1C13CCN(C)C(C)C1(O)C=CC(=N)C3O2. The third-order valence-corrected chi connectivity index (χ3v) is 6.15. The molecule has 23 heavy (non-hydrogen) atoms. The molecule has 3 aliphatic rings. The van der Waals surface area contributed by atoms with E-state index in [2.05, 4.69) is 4.90 Å². The highest BCUT2D eigenvalue weighted by molar-refractivity contribution is 6.00. The first-order valence-electron chi connectivity index (χ1n) is 8.03. The molecular formula is C18H22N2O3. The number of aryl methyl sites for hydroxylation is 1. The molecular weight excluding hydrogens is 292 g/mol. The standard InChI is InChI=1S/C18H22N2O3/c1-10-4-5-13(21)15-14(10)17-8-9-20(3)11(2)18(17,22)7-6-12(19)16(17)23-15/h4-7,11,16,19,21-22H,8-9H2,1-3H3. The van der Waals surface area contributed by atoms with Crippen molar-refractivity contribution in [3.8, 4) is 11.5 Å². The van der Waals surface area contributed by atoms with Crippen LogP contribution < -0.4 is 4.74 Å². The molecule has 2 aliphatic heterocycles. The zero-order valence-electron chi connectivity index (χ0n) is 13.6. The van der Waals surface area contributed by atoms with Gasteiger partial charge in [-0.15, -0.1) is 0 Å². The second-order valence-corrected chi connectivity index (χ2v) is 7.10. The number of rotatable bonds is 0. The molecule has 1 spiro atoms. The highest BCUT2D eigenvalue weighted by Gasteiger charge is 2.67. The minimum absolute atomic E-state index is 0.0797. The van der Waals surface area contributed by atoms with E-state index in [1.54, 1.807) is 18.2 Å². The number of nitrogens with zero attached hydrogens (tertiary/aromatic N) is 1. The van der Waals surface area contributed by atoms with E-state index in [9.17, 15) is 10.2 Å². The van der Waals surface area contributed by atoms with Gasteiger partial charge in [0.25, 0.3) is 0 Å². The smallest absolute Gasteiger partial charge is 0.166 e. The molecule has 4 unspecified atom stereocenters. The van der Waals surface area contributed by atoms with Gasteiger partial charge in [0.2, 0.25) is 0 Å². The van der Waals surface area contributed by atoms with E-state index < -0.39 is 17.1 Å². The number of phenols is 1. The molecule has 1 saturated heterocycles. The van der Waals surface area contributed by atoms with Crippen molar-refractivity contribution in [2.24, 2.45) is 0 Å². The highest BCUT2D eigenvalue weighted by Crippen LogP contribution is 2.60. The van der Waals surface area contributed by atoms with Gasteiger partial charge >= 0.3 is 0 Å². The summed E-state index contributed by atoms with van der Waals surface area (Å²) in [5, 5.41) is 30.3. The number of piperidine rings is 1. The maximum atomic E-state index is 11.7. The van der Waals surface area contributed by atoms with E-state index in [1.807, 2.05) is 27.0 Å². The Morgan fingerprint density at radius 3 is 2.87 bits per heavy atom. The number of likely N-dealkylation sites (tertiary alicyclic amines) is 1. The minimum Gasteiger partial charge on any atom is -0.504 e. The van der Waals surface area contributed by atoms with Gasteiger partial charge in [0.05, 0.1) is 11.1 Å². The summed E-state index contributed by atoms with van der Waals surface area (Å²) in [4.78, 5) is 2.14. The van der Waals surface area contributed by atoms with Crippen molar-refractivity contribution in [3.05, 3.63) is 35.4 Å². The summed E-state index contributed by atoms with van der Waals surface area (Å²) in [6.07, 6.45) is 3.53. The first-order chi connectivity index (χ1) is 10.8. The first-order valence-corrected chi connectivity index (χ1v) is 8.03. The maximum Gasteiger partial charge on any atom is 0.166 e. The normalized spacial score (nSPS) is 38.7. The molecule has 1 aromatic carbocycles. The molecule has 0 saturated carbocycles. The van der Waals surface area contributed by atoms with E-state index in [0.29, 0.717) is 17.9 Å². The summed E-state index contributed by atoms with van der Waals surface area (Å²) in [7, 11) is 2.00. The second kappa shape index (κ2) is 4.36. The number of phenolic OH excluding ortho intramolecular Hbond substituents is 1. The number of aliphatic hydroxyl groups is 1. The van der Waals surface area contributed by atoms with Crippen LogP contribution in [0, 0.1) is 12.3 Å². The van der Waals surface area contributed by atoms with Crippen molar-refractivity contribution >= 4 is 5.71 Å². The first kappa shape index (κ1) is 14.7. The number of fused-ring (bicyclic) bond motifs is 1. The molecule has 5 nitrogen and oxygen atoms in total. The summed E-state index contributed by atoms with van der Waals surface area (Å²) in [5.74, 6) is 0.509. The van der Waals surface area contributed by atoms with Crippen LogP contribution in [-0.2, 0) is 5.41 Å². The minimum atomic E-state index is -1.14. The molecule has 4 rings (SSSR count). The molecule has 122 valence electrons. The number of benzene rings is 1. The van der Waals surface area contributed by atoms with Gasteiger partial charge in [0.1, 0.15) is 5.60 Å². The molecule has 2 heterocycles. The number of aromatic hydroxyl groups is 1. The van der Waals surface area contributed by atoms with Crippen molar-refractivity contribution in [3.63, 3.8) is 0 Å². The third kappa shape index (κ3) is 1.52. The summed E-state index contributed by atoms with van der Waals surface area (Å²) in [5.41, 5.74) is 0.334. The molecule has 0 radical (unpaired) electrons. The lowest BCUT2D eigenvalue weighted by Crippen LogP contribution is -2.71. The molecule has 1 fully saturated rings. The Bertz CT molecular complexity index is 744. The second-order valence-electron chi connectivity index (χ2n) is 7.10. The molecule has 4 atom stereocenters. The topological polar surface area (TPSA) is 76.8 Å². The maximum absolute atomic E-state index is 11.7. The Morgan fingerprint density at radius 1 is 1.39 bits per heavy atom. The summed E-state index contributed by atoms with van der Waals surface area (Å²) in [6.45, 7) is 4.79. The predicted molar refractivity (Wildman–Crippen MR) is 87.5 cm³/mol. The Kier molecular flexibility index (Phi) is 2.79. The molecule has 1 aromatic rings. The van der Waals surface area contributed by atoms with E-state index >= 15 is 0 Å². The Hall–Kier alpha value is -1.85. The lowest BCUT2D eigenvalue weighted by molar-refractivity contribution is -0.108. The monoisotopic (exact) mass is 314 g/mol. The van der Waals surface area contributed by atoms with Gasteiger partial charge in [-0.3, -0.25) is 0 Å². The van der Waals surface area contributed by atoms with Crippen molar-refractivity contribution in [1.82, 2.24) is 4.90 Å². The number of hydrogen-bond acceptors (Lipinski definition) is 5. The Labute approximate surface area is 135 Å². The largest absolute Gasteiger partial charge is 0.504 e. The van der Waals surface area contributed by atoms with E-state index in [1.165, 1.54) is 0 Å². The average molecular weight is 314 g/mol. The van der Waals surface area contributed by atoms with Gasteiger partial charge in [-0.05, 0) is 57.6 Å². The van der Waals surface area contributed by atoms with Crippen molar-refractivity contribution in [2.75, 3.05) is 13.6 Å². The van der Waals surface area contributed by atoms with Gasteiger partial charge < -0.3 is 25.3 Å². The van der Waals surface area contributed by atoms with Crippen LogP contribution in [0.2, 0.25) is 0 Å². The molecule has 1 aliphatic carbocycles. The van der Waals surface area contributed by atoms with Crippen LogP contribution in [0.1, 0.15) is 24.5 Å². The van der Waals surface area contributed by atoms with E-state index in [4.69, 9.17) is 10.1 Å². The van der Waals surface area contributed by atoms with Crippen LogP contribution in [0.15, 0.2) is 24.3 Å². The molecule has 0 aromatic heterocycles. The van der Waals surface area contributed by atoms with E-state index in [0.717, 1.165) is 17.7 Å². The highest BCUT2D eigenvalue weighted by atomic mass is 16.5. The quantitative estimate of drug-likeness (QED) is 0.682. The van der Waals surface area contributed by atoms with Gasteiger partial charge in [0.15, 0.2) is 17.6 Å². The third-order valence-electron chi connectivity index (χ3n) is 6.15. The van der Waals surface area contributed by atoms with Crippen LogP contribution in [0.25, 0.3) is 0 Å². The molecule has 5 heteroatoms. The van der Waals surface area contributed by atoms with Gasteiger partial charge in [-0.2, -0.15) is 0 Å². The fraction of sp³-hybridized carbons (Fsp3) is 0.500. The van der Waals surface area contributed by atoms with Gasteiger partial charge in [-0.1, -0.05) is 6.07 Å². The number of ether oxygens (including phenoxy) is 1. The Morgan fingerprint density at radius 2 is 2.13 bits per heavy atom. The summed E-state index contributed by atoms with van der Waals surface area (Å²) in [6, 6.07) is 3.37. The van der Waals surface area contributed by atoms with Crippen LogP contribution in [0.4, 0.5) is 0 Å². The molecule has 0 bridgehead atoms. The van der Waals surface area contributed by atoms with E-state index in [-0.39, 0.29) is 11.8 Å². The fourth-order valence-corrected chi connectivity index (χ4v) is 4.74. The number of nitrogens with one attached hydrogen (secondary N) is 1. The lowest BCUT2D eigenvalue weighted by atomic mass is 9.54. The van der Waals surface area contributed by atoms with Crippen LogP contribution in [0.3, 0.4) is 0 Å². The average Bonchev–Trinajstić information content (AvgIpc) is 2.89. The molecule has 3 N–H and O–H groups in total. The van der Waals surface area contributed by atoms with Gasteiger partial charge in [-0.25, -0.2) is 0 Å². The zero-order valence-corrected chi connectivity index (χ0v) is 13.6. The summed E-state index contributed by atoms with van der Waals surface area (Å²) < 4.78 is 6.04. The van der Waals surface area contributed by atoms with Crippen LogP contribution in [0.5, 0.6) is 11.5 Å². The fourth-order valence-electron chi connectivity index (χ4n) is 4.74. The predicted octanol–water partition coefficient (Wildman–Crippen LogP) is 1.74. The van der Waals surface area contributed by atoms with Gasteiger partial charge in [0, 0.05) is 11.6 Å². The van der Waals surface area contributed by atoms with Crippen molar-refractivity contribution in [1.29, 1.82) is 5.41 Å². The van der Waals surface area contributed by atoms with Crippen LogP contribution >= 0.6 is 0 Å². The summed E-state index contributed by atoms with van der Waals surface area (Å²) >= 11 is 0. The Balaban J connectivity index is 2.06. The van der Waals surface area contributed by atoms with Crippen molar-refractivity contribution < 1.29 is 14.9 Å².